The van der Waals surface area contributed by atoms with Crippen molar-refractivity contribution in [3.8, 4) is 0 Å². The van der Waals surface area contributed by atoms with Crippen LogP contribution in [0.4, 0.5) is 5.69 Å². The molecular formula is C14H13ClN2O4S. The molecule has 22 heavy (non-hydrogen) atoms. The number of nitrogens with zero attached hydrogens (tertiary/aromatic N) is 2. The van der Waals surface area contributed by atoms with E-state index in [1.54, 1.807) is 6.92 Å². The third-order valence-corrected chi connectivity index (χ3v) is 5.11. The van der Waals surface area contributed by atoms with Crippen molar-refractivity contribution in [1.29, 1.82) is 0 Å². The highest BCUT2D eigenvalue weighted by molar-refractivity contribution is 7.92. The number of carboxylic acids is 1. The Morgan fingerprint density at radius 1 is 1.27 bits per heavy atom. The van der Waals surface area contributed by atoms with Gasteiger partial charge in [0.2, 0.25) is 0 Å². The lowest BCUT2D eigenvalue weighted by Crippen LogP contribution is -2.31. The van der Waals surface area contributed by atoms with Crippen molar-refractivity contribution < 1.29 is 18.3 Å². The Labute approximate surface area is 133 Å². The van der Waals surface area contributed by atoms with Gasteiger partial charge in [-0.1, -0.05) is 11.6 Å². The van der Waals surface area contributed by atoms with E-state index < -0.39 is 16.0 Å². The van der Waals surface area contributed by atoms with Crippen molar-refractivity contribution in [3.05, 3.63) is 53.3 Å². The van der Waals surface area contributed by atoms with E-state index in [4.69, 9.17) is 16.7 Å². The molecule has 6 nitrogen and oxygen atoms in total. The highest BCUT2D eigenvalue weighted by Crippen LogP contribution is 2.24. The largest absolute Gasteiger partial charge is 0.477 e. The Morgan fingerprint density at radius 3 is 2.45 bits per heavy atom. The molecule has 0 atom stereocenters. The van der Waals surface area contributed by atoms with Crippen LogP contribution in [0.25, 0.3) is 0 Å². The Kier molecular flexibility index (Phi) is 4.68. The first-order chi connectivity index (χ1) is 10.4. The molecule has 0 spiro atoms. The van der Waals surface area contributed by atoms with E-state index in [2.05, 4.69) is 4.98 Å². The normalized spacial score (nSPS) is 11.2. The molecule has 0 aliphatic heterocycles. The topological polar surface area (TPSA) is 87.6 Å². The molecule has 0 fully saturated rings. The van der Waals surface area contributed by atoms with Crippen molar-refractivity contribution in [3.63, 3.8) is 0 Å². The van der Waals surface area contributed by atoms with Gasteiger partial charge in [0, 0.05) is 17.8 Å². The highest BCUT2D eigenvalue weighted by atomic mass is 35.5. The van der Waals surface area contributed by atoms with Crippen molar-refractivity contribution in [2.45, 2.75) is 11.8 Å². The van der Waals surface area contributed by atoms with Crippen LogP contribution in [0.3, 0.4) is 0 Å². The lowest BCUT2D eigenvalue weighted by atomic mass is 10.3. The van der Waals surface area contributed by atoms with E-state index in [0.29, 0.717) is 5.02 Å². The third kappa shape index (κ3) is 3.20. The summed E-state index contributed by atoms with van der Waals surface area (Å²) in [5, 5.41) is 9.40. The maximum Gasteiger partial charge on any atom is 0.354 e. The first kappa shape index (κ1) is 16.3. The number of halogens is 1. The first-order valence-corrected chi connectivity index (χ1v) is 8.15. The Hall–Kier alpha value is -2.12. The van der Waals surface area contributed by atoms with E-state index >= 15 is 0 Å². The number of carboxylic acid groups (broad SMARTS) is 1. The molecule has 0 saturated heterocycles. The SMILES string of the molecule is CCN(c1ccnc(C(=O)O)c1)S(=O)(=O)c1ccc(Cl)cc1. The van der Waals surface area contributed by atoms with Gasteiger partial charge in [0.15, 0.2) is 0 Å². The van der Waals surface area contributed by atoms with Gasteiger partial charge in [0.05, 0.1) is 10.6 Å². The first-order valence-electron chi connectivity index (χ1n) is 6.34. The zero-order valence-corrected chi connectivity index (χ0v) is 13.2. The second-order valence-corrected chi connectivity index (χ2v) is 6.63. The van der Waals surface area contributed by atoms with Gasteiger partial charge in [0.25, 0.3) is 10.0 Å². The van der Waals surface area contributed by atoms with Crippen LogP contribution in [0, 0.1) is 0 Å². The molecule has 0 amide bonds. The molecule has 0 aliphatic carbocycles. The molecule has 0 radical (unpaired) electrons. The summed E-state index contributed by atoms with van der Waals surface area (Å²) < 4.78 is 26.5. The summed E-state index contributed by atoms with van der Waals surface area (Å²) in [6.45, 7) is 1.81. The van der Waals surface area contributed by atoms with Gasteiger partial charge in [-0.15, -0.1) is 0 Å². The minimum absolute atomic E-state index is 0.0763. The monoisotopic (exact) mass is 340 g/mol. The lowest BCUT2D eigenvalue weighted by molar-refractivity contribution is 0.0690. The van der Waals surface area contributed by atoms with Gasteiger partial charge in [-0.25, -0.2) is 18.2 Å². The van der Waals surface area contributed by atoms with Crippen LogP contribution < -0.4 is 4.31 Å². The van der Waals surface area contributed by atoms with Gasteiger partial charge in [-0.05, 0) is 43.3 Å². The second-order valence-electron chi connectivity index (χ2n) is 4.33. The second kappa shape index (κ2) is 6.33. The highest BCUT2D eigenvalue weighted by Gasteiger charge is 2.24. The molecule has 1 N–H and O–H groups in total. The zero-order chi connectivity index (χ0) is 16.3. The van der Waals surface area contributed by atoms with E-state index in [1.165, 1.54) is 42.6 Å². The van der Waals surface area contributed by atoms with Crippen LogP contribution in [0.1, 0.15) is 17.4 Å². The Bertz CT molecular complexity index is 791. The molecule has 0 unspecified atom stereocenters. The van der Waals surface area contributed by atoms with Crippen LogP contribution in [0.15, 0.2) is 47.5 Å². The molecule has 1 aromatic carbocycles. The smallest absolute Gasteiger partial charge is 0.354 e. The summed E-state index contributed by atoms with van der Waals surface area (Å²) in [5.74, 6) is -1.22. The molecule has 8 heteroatoms. The summed E-state index contributed by atoms with van der Waals surface area (Å²) in [6, 6.07) is 8.44. The number of rotatable bonds is 5. The predicted molar refractivity (Wildman–Crippen MR) is 82.9 cm³/mol. The van der Waals surface area contributed by atoms with Gasteiger partial charge in [-0.3, -0.25) is 4.31 Å². The van der Waals surface area contributed by atoms with Gasteiger partial charge in [0.1, 0.15) is 5.69 Å². The fraction of sp³-hybridized carbons (Fsp3) is 0.143. The minimum Gasteiger partial charge on any atom is -0.477 e. The Balaban J connectivity index is 2.49. The number of pyridine rings is 1. The number of sulfonamides is 1. The molecule has 116 valence electrons. The molecular weight excluding hydrogens is 328 g/mol. The van der Waals surface area contributed by atoms with Crippen molar-refractivity contribution in [2.75, 3.05) is 10.8 Å². The Morgan fingerprint density at radius 2 is 1.91 bits per heavy atom. The number of carbonyl (C=O) groups is 1. The van der Waals surface area contributed by atoms with E-state index in [0.717, 1.165) is 4.31 Å². The van der Waals surface area contributed by atoms with Crippen LogP contribution in [0.2, 0.25) is 5.02 Å². The summed E-state index contributed by atoms with van der Waals surface area (Å²) in [6.07, 6.45) is 1.26. The number of aromatic nitrogens is 1. The summed E-state index contributed by atoms with van der Waals surface area (Å²) in [7, 11) is -3.81. The number of hydrogen-bond acceptors (Lipinski definition) is 4. The molecule has 1 heterocycles. The van der Waals surface area contributed by atoms with Gasteiger partial charge < -0.3 is 5.11 Å². The maximum absolute atomic E-state index is 12.7. The van der Waals surface area contributed by atoms with Crippen molar-refractivity contribution >= 4 is 33.3 Å². The molecule has 1 aromatic heterocycles. The minimum atomic E-state index is -3.81. The molecule has 0 aliphatic rings. The summed E-state index contributed by atoms with van der Waals surface area (Å²) >= 11 is 5.77. The summed E-state index contributed by atoms with van der Waals surface area (Å²) in [4.78, 5) is 14.7. The van der Waals surface area contributed by atoms with E-state index in [9.17, 15) is 13.2 Å². The zero-order valence-electron chi connectivity index (χ0n) is 11.6. The standard InChI is InChI=1S/C14H13ClN2O4S/c1-2-17(11-7-8-16-13(9-11)14(18)19)22(20,21)12-5-3-10(15)4-6-12/h3-9H,2H2,1H3,(H,18,19). The van der Waals surface area contributed by atoms with Crippen LogP contribution in [-0.2, 0) is 10.0 Å². The van der Waals surface area contributed by atoms with Gasteiger partial charge in [-0.2, -0.15) is 0 Å². The van der Waals surface area contributed by atoms with Crippen LogP contribution >= 0.6 is 11.6 Å². The quantitative estimate of drug-likeness (QED) is 0.904. The molecule has 0 saturated carbocycles. The predicted octanol–water partition coefficient (Wildman–Crippen LogP) is 2.65. The molecule has 2 aromatic rings. The number of anilines is 1. The van der Waals surface area contributed by atoms with Crippen molar-refractivity contribution in [1.82, 2.24) is 4.98 Å². The molecule has 2 rings (SSSR count). The lowest BCUT2D eigenvalue weighted by Gasteiger charge is -2.23. The number of hydrogen-bond donors (Lipinski definition) is 1. The van der Waals surface area contributed by atoms with Crippen LogP contribution in [0.5, 0.6) is 0 Å². The van der Waals surface area contributed by atoms with Gasteiger partial charge >= 0.3 is 5.97 Å². The molecule has 0 bridgehead atoms. The number of aromatic carboxylic acids is 1. The van der Waals surface area contributed by atoms with E-state index in [-0.39, 0.29) is 22.8 Å². The van der Waals surface area contributed by atoms with Crippen LogP contribution in [-0.4, -0.2) is 31.0 Å². The summed E-state index contributed by atoms with van der Waals surface area (Å²) in [5.41, 5.74) is 0.0205. The average Bonchev–Trinajstić information content (AvgIpc) is 2.48. The fourth-order valence-electron chi connectivity index (χ4n) is 1.92. The maximum atomic E-state index is 12.7. The third-order valence-electron chi connectivity index (χ3n) is 2.94. The number of benzene rings is 1. The van der Waals surface area contributed by atoms with E-state index in [1.807, 2.05) is 0 Å². The average molecular weight is 341 g/mol. The fourth-order valence-corrected chi connectivity index (χ4v) is 3.51. The van der Waals surface area contributed by atoms with Crippen molar-refractivity contribution in [2.24, 2.45) is 0 Å².